The van der Waals surface area contributed by atoms with Crippen molar-refractivity contribution in [3.8, 4) is 0 Å². The first-order valence-corrected chi connectivity index (χ1v) is 8.01. The highest BCUT2D eigenvalue weighted by atomic mass is 16.2. The van der Waals surface area contributed by atoms with E-state index in [4.69, 9.17) is 5.73 Å². The van der Waals surface area contributed by atoms with Crippen LogP contribution in [0.5, 0.6) is 0 Å². The van der Waals surface area contributed by atoms with Crippen molar-refractivity contribution in [1.82, 2.24) is 15.1 Å². The first-order valence-electron chi connectivity index (χ1n) is 8.01. The summed E-state index contributed by atoms with van der Waals surface area (Å²) in [5.41, 5.74) is 8.38. The second kappa shape index (κ2) is 5.04. The third kappa shape index (κ3) is 2.78. The second-order valence-electron chi connectivity index (χ2n) is 7.61. The summed E-state index contributed by atoms with van der Waals surface area (Å²) in [6.07, 6.45) is 4.43. The van der Waals surface area contributed by atoms with Gasteiger partial charge in [-0.3, -0.25) is 9.89 Å². The molecule has 5 nitrogen and oxygen atoms in total. The number of hydrogen-bond donors (Lipinski definition) is 2. The molecule has 1 amide bonds. The van der Waals surface area contributed by atoms with Gasteiger partial charge in [-0.2, -0.15) is 5.10 Å². The molecular formula is C16H26N4O. The lowest BCUT2D eigenvalue weighted by molar-refractivity contribution is 0.0604. The van der Waals surface area contributed by atoms with Crippen LogP contribution in [0.3, 0.4) is 0 Å². The van der Waals surface area contributed by atoms with Crippen molar-refractivity contribution in [1.29, 1.82) is 0 Å². The van der Waals surface area contributed by atoms with E-state index in [0.717, 1.165) is 44.5 Å². The Morgan fingerprint density at radius 3 is 2.38 bits per heavy atom. The van der Waals surface area contributed by atoms with E-state index in [-0.39, 0.29) is 5.91 Å². The van der Waals surface area contributed by atoms with Crippen molar-refractivity contribution in [3.05, 3.63) is 11.4 Å². The van der Waals surface area contributed by atoms with Gasteiger partial charge in [-0.05, 0) is 37.0 Å². The van der Waals surface area contributed by atoms with Gasteiger partial charge < -0.3 is 10.6 Å². The molecule has 5 heteroatoms. The van der Waals surface area contributed by atoms with Gasteiger partial charge in [0.1, 0.15) is 0 Å². The number of amides is 1. The largest absolute Gasteiger partial charge is 0.395 e. The zero-order valence-corrected chi connectivity index (χ0v) is 13.3. The van der Waals surface area contributed by atoms with Crippen LogP contribution in [0, 0.1) is 11.3 Å². The van der Waals surface area contributed by atoms with E-state index in [2.05, 4.69) is 31.0 Å². The van der Waals surface area contributed by atoms with Crippen LogP contribution in [0.4, 0.5) is 5.69 Å². The molecular weight excluding hydrogens is 264 g/mol. The van der Waals surface area contributed by atoms with E-state index in [9.17, 15) is 4.79 Å². The van der Waals surface area contributed by atoms with E-state index in [1.807, 2.05) is 4.90 Å². The third-order valence-corrected chi connectivity index (χ3v) is 5.03. The topological polar surface area (TPSA) is 75.0 Å². The number of nitrogens with zero attached hydrogens (tertiary/aromatic N) is 2. The predicted octanol–water partition coefficient (Wildman–Crippen LogP) is 2.77. The van der Waals surface area contributed by atoms with Crippen LogP contribution >= 0.6 is 0 Å². The van der Waals surface area contributed by atoms with Gasteiger partial charge in [0.25, 0.3) is 5.91 Å². The summed E-state index contributed by atoms with van der Waals surface area (Å²) < 4.78 is 0. The van der Waals surface area contributed by atoms with Crippen LogP contribution in [0.15, 0.2) is 0 Å². The lowest BCUT2D eigenvalue weighted by atomic mass is 9.75. The molecule has 0 radical (unpaired) electrons. The zero-order chi connectivity index (χ0) is 15.2. The highest BCUT2D eigenvalue weighted by molar-refractivity contribution is 5.97. The molecule has 1 aromatic heterocycles. The maximum Gasteiger partial charge on any atom is 0.276 e. The van der Waals surface area contributed by atoms with E-state index in [1.54, 1.807) is 0 Å². The minimum Gasteiger partial charge on any atom is -0.395 e. The Balaban J connectivity index is 1.67. The minimum absolute atomic E-state index is 0.0111. The van der Waals surface area contributed by atoms with E-state index < -0.39 is 0 Å². The van der Waals surface area contributed by atoms with Crippen LogP contribution in [0.1, 0.15) is 68.6 Å². The maximum atomic E-state index is 12.6. The number of carbonyl (C=O) groups is 1. The Bertz CT molecular complexity index is 531. The molecule has 1 aromatic rings. The lowest BCUT2D eigenvalue weighted by Crippen LogP contribution is -2.41. The fraction of sp³-hybridized carbons (Fsp3) is 0.750. The lowest BCUT2D eigenvalue weighted by Gasteiger charge is -2.38. The molecule has 0 bridgehead atoms. The number of rotatable bonds is 2. The maximum absolute atomic E-state index is 12.6. The average Bonchev–Trinajstić information content (AvgIpc) is 3.21. The highest BCUT2D eigenvalue weighted by Gasteiger charge is 2.34. The summed E-state index contributed by atoms with van der Waals surface area (Å²) in [6, 6.07) is 0. The van der Waals surface area contributed by atoms with Crippen LogP contribution in [-0.2, 0) is 0 Å². The molecule has 21 heavy (non-hydrogen) atoms. The number of nitrogens with one attached hydrogen (secondary N) is 1. The number of anilines is 1. The molecule has 1 aliphatic carbocycles. The number of aromatic amines is 1. The van der Waals surface area contributed by atoms with Crippen molar-refractivity contribution < 1.29 is 4.79 Å². The van der Waals surface area contributed by atoms with E-state index in [0.29, 0.717) is 28.6 Å². The predicted molar refractivity (Wildman–Crippen MR) is 83.1 cm³/mol. The average molecular weight is 290 g/mol. The fourth-order valence-electron chi connectivity index (χ4n) is 3.31. The number of likely N-dealkylation sites (tertiary alicyclic amines) is 1. The molecule has 2 heterocycles. The molecule has 1 saturated carbocycles. The van der Waals surface area contributed by atoms with Crippen LogP contribution in [0.25, 0.3) is 0 Å². The summed E-state index contributed by atoms with van der Waals surface area (Å²) in [5.74, 6) is 1.16. The highest BCUT2D eigenvalue weighted by Crippen LogP contribution is 2.42. The summed E-state index contributed by atoms with van der Waals surface area (Å²) in [5, 5.41) is 7.15. The van der Waals surface area contributed by atoms with Crippen molar-refractivity contribution in [2.24, 2.45) is 11.3 Å². The van der Waals surface area contributed by atoms with E-state index >= 15 is 0 Å². The van der Waals surface area contributed by atoms with Gasteiger partial charge in [-0.25, -0.2) is 0 Å². The van der Waals surface area contributed by atoms with Crippen LogP contribution in [-0.4, -0.2) is 34.1 Å². The molecule has 116 valence electrons. The standard InChI is InChI=1S/C16H26N4O/c1-16(2,3)11-6-8-20(9-7-11)15(21)14-12(17)13(18-19-14)10-4-5-10/h10-11H,4-9,17H2,1-3H3,(H,18,19). The van der Waals surface area contributed by atoms with Gasteiger partial charge in [0.15, 0.2) is 5.69 Å². The molecule has 0 spiro atoms. The molecule has 3 rings (SSSR count). The summed E-state index contributed by atoms with van der Waals surface area (Å²) in [7, 11) is 0. The number of H-pyrrole nitrogens is 1. The Morgan fingerprint density at radius 1 is 1.24 bits per heavy atom. The molecule has 2 fully saturated rings. The molecule has 0 atom stereocenters. The number of nitrogens with two attached hydrogens (primary N) is 1. The molecule has 1 saturated heterocycles. The van der Waals surface area contributed by atoms with Crippen molar-refractivity contribution in [3.63, 3.8) is 0 Å². The van der Waals surface area contributed by atoms with Gasteiger partial charge in [0.05, 0.1) is 11.4 Å². The van der Waals surface area contributed by atoms with Crippen LogP contribution < -0.4 is 5.73 Å². The first kappa shape index (κ1) is 14.4. The molecule has 1 aliphatic heterocycles. The van der Waals surface area contributed by atoms with E-state index in [1.165, 1.54) is 0 Å². The fourth-order valence-corrected chi connectivity index (χ4v) is 3.31. The molecule has 0 unspecified atom stereocenters. The molecule has 2 aliphatic rings. The summed E-state index contributed by atoms with van der Waals surface area (Å²) >= 11 is 0. The van der Waals surface area contributed by atoms with Crippen molar-refractivity contribution in [2.75, 3.05) is 18.8 Å². The van der Waals surface area contributed by atoms with Gasteiger partial charge in [-0.15, -0.1) is 0 Å². The van der Waals surface area contributed by atoms with Crippen molar-refractivity contribution >= 4 is 11.6 Å². The first-order chi connectivity index (χ1) is 9.88. The van der Waals surface area contributed by atoms with Gasteiger partial charge >= 0.3 is 0 Å². The number of carbonyl (C=O) groups excluding carboxylic acids is 1. The zero-order valence-electron chi connectivity index (χ0n) is 13.3. The Morgan fingerprint density at radius 2 is 1.86 bits per heavy atom. The van der Waals surface area contributed by atoms with Crippen molar-refractivity contribution in [2.45, 2.75) is 52.4 Å². The van der Waals surface area contributed by atoms with Gasteiger partial charge in [0, 0.05) is 19.0 Å². The monoisotopic (exact) mass is 290 g/mol. The SMILES string of the molecule is CC(C)(C)C1CCN(C(=O)c2n[nH]c(C3CC3)c2N)CC1. The Labute approximate surface area is 126 Å². The number of hydrogen-bond acceptors (Lipinski definition) is 3. The Hall–Kier alpha value is -1.52. The third-order valence-electron chi connectivity index (χ3n) is 5.03. The summed E-state index contributed by atoms with van der Waals surface area (Å²) in [4.78, 5) is 14.5. The number of nitrogen functional groups attached to an aromatic ring is 1. The van der Waals surface area contributed by atoms with Crippen LogP contribution in [0.2, 0.25) is 0 Å². The number of piperidine rings is 1. The smallest absolute Gasteiger partial charge is 0.276 e. The quantitative estimate of drug-likeness (QED) is 0.879. The van der Waals surface area contributed by atoms with Gasteiger partial charge in [-0.1, -0.05) is 20.8 Å². The molecule has 0 aromatic carbocycles. The minimum atomic E-state index is -0.0111. The summed E-state index contributed by atoms with van der Waals surface area (Å²) in [6.45, 7) is 8.46. The molecule has 3 N–H and O–H groups in total. The van der Waals surface area contributed by atoms with Gasteiger partial charge in [0.2, 0.25) is 0 Å². The Kier molecular flexibility index (Phi) is 3.46. The number of aromatic nitrogens is 2. The normalized spacial score (nSPS) is 20.8. The second-order valence-corrected chi connectivity index (χ2v) is 7.61.